The lowest BCUT2D eigenvalue weighted by Gasteiger charge is -2.13. The molecule has 7 heteroatoms. The molecular weight excluding hydrogens is 379 g/mol. The van der Waals surface area contributed by atoms with Crippen molar-refractivity contribution in [3.63, 3.8) is 0 Å². The van der Waals surface area contributed by atoms with Gasteiger partial charge in [-0.1, -0.05) is 18.2 Å². The number of anilines is 1. The fourth-order valence-corrected chi connectivity index (χ4v) is 3.02. The monoisotopic (exact) mass is 394 g/mol. The molecule has 1 aliphatic heterocycles. The number of carbonyl (C=O) groups is 1. The third-order valence-electron chi connectivity index (χ3n) is 4.06. The van der Waals surface area contributed by atoms with Gasteiger partial charge in [-0.15, -0.1) is 0 Å². The second-order valence-electron chi connectivity index (χ2n) is 6.01. The summed E-state index contributed by atoms with van der Waals surface area (Å²) in [5.74, 6) is 1.02. The summed E-state index contributed by atoms with van der Waals surface area (Å²) in [6, 6.07) is 18.4. The number of hydrogen-bond acceptors (Lipinski definition) is 4. The van der Waals surface area contributed by atoms with Crippen LogP contribution in [0.4, 0.5) is 10.1 Å². The van der Waals surface area contributed by atoms with Gasteiger partial charge in [-0.25, -0.2) is 4.39 Å². The van der Waals surface area contributed by atoms with E-state index in [1.165, 1.54) is 17.0 Å². The van der Waals surface area contributed by atoms with Crippen molar-refractivity contribution >= 4 is 35.0 Å². The van der Waals surface area contributed by atoms with Crippen LogP contribution in [0.2, 0.25) is 0 Å². The second-order valence-corrected chi connectivity index (χ2v) is 6.40. The van der Waals surface area contributed by atoms with Gasteiger partial charge in [-0.05, 0) is 60.7 Å². The van der Waals surface area contributed by atoms with Crippen LogP contribution >= 0.6 is 12.2 Å². The SMILES string of the molecule is O=C1/C(=C\c2ccc(COc3ccc(F)cc3)o2)NC(=S)N1c1ccccc1. The lowest BCUT2D eigenvalue weighted by atomic mass is 10.3. The van der Waals surface area contributed by atoms with E-state index in [9.17, 15) is 9.18 Å². The molecule has 1 amide bonds. The van der Waals surface area contributed by atoms with E-state index in [1.807, 2.05) is 30.3 Å². The molecule has 2 heterocycles. The molecule has 0 aliphatic carbocycles. The van der Waals surface area contributed by atoms with Crippen LogP contribution in [0.1, 0.15) is 11.5 Å². The summed E-state index contributed by atoms with van der Waals surface area (Å²) in [7, 11) is 0. The summed E-state index contributed by atoms with van der Waals surface area (Å²) in [6.45, 7) is 0.185. The third kappa shape index (κ3) is 3.79. The maximum Gasteiger partial charge on any atom is 0.281 e. The van der Waals surface area contributed by atoms with Crippen molar-refractivity contribution in [1.82, 2.24) is 5.32 Å². The van der Waals surface area contributed by atoms with Crippen LogP contribution in [0.5, 0.6) is 5.75 Å². The smallest absolute Gasteiger partial charge is 0.281 e. The summed E-state index contributed by atoms with van der Waals surface area (Å²) in [5.41, 5.74) is 1.02. The highest BCUT2D eigenvalue weighted by atomic mass is 32.1. The minimum Gasteiger partial charge on any atom is -0.486 e. The topological polar surface area (TPSA) is 54.7 Å². The van der Waals surface area contributed by atoms with Gasteiger partial charge < -0.3 is 14.5 Å². The van der Waals surface area contributed by atoms with Crippen molar-refractivity contribution in [1.29, 1.82) is 0 Å². The van der Waals surface area contributed by atoms with Crippen molar-refractivity contribution in [2.24, 2.45) is 0 Å². The van der Waals surface area contributed by atoms with Gasteiger partial charge in [0.15, 0.2) is 5.11 Å². The molecule has 0 radical (unpaired) electrons. The Bertz CT molecular complexity index is 1050. The van der Waals surface area contributed by atoms with Gasteiger partial charge >= 0.3 is 0 Å². The quantitative estimate of drug-likeness (QED) is 0.518. The lowest BCUT2D eigenvalue weighted by molar-refractivity contribution is -0.113. The Kier molecular flexibility index (Phi) is 4.90. The first-order chi connectivity index (χ1) is 13.6. The molecule has 1 saturated heterocycles. The number of halogens is 1. The Morgan fingerprint density at radius 1 is 1.07 bits per heavy atom. The number of nitrogens with one attached hydrogen (secondary N) is 1. The maximum absolute atomic E-state index is 12.9. The van der Waals surface area contributed by atoms with Crippen molar-refractivity contribution in [3.05, 3.63) is 89.8 Å². The molecule has 3 aromatic rings. The van der Waals surface area contributed by atoms with Gasteiger partial charge in [-0.2, -0.15) is 0 Å². The van der Waals surface area contributed by atoms with E-state index in [2.05, 4.69) is 5.32 Å². The minimum absolute atomic E-state index is 0.185. The number of carbonyl (C=O) groups excluding carboxylic acids is 1. The van der Waals surface area contributed by atoms with Crippen LogP contribution in [0, 0.1) is 5.82 Å². The fraction of sp³-hybridized carbons (Fsp3) is 0.0476. The first-order valence-electron chi connectivity index (χ1n) is 8.49. The van der Waals surface area contributed by atoms with E-state index >= 15 is 0 Å². The van der Waals surface area contributed by atoms with Crippen LogP contribution in [0.25, 0.3) is 6.08 Å². The molecule has 0 atom stereocenters. The van der Waals surface area contributed by atoms with Crippen LogP contribution < -0.4 is 15.0 Å². The Labute approximate surface area is 166 Å². The van der Waals surface area contributed by atoms with Crippen molar-refractivity contribution in [2.45, 2.75) is 6.61 Å². The average molecular weight is 394 g/mol. The van der Waals surface area contributed by atoms with Crippen LogP contribution in [0.15, 0.2) is 76.8 Å². The highest BCUT2D eigenvalue weighted by Crippen LogP contribution is 2.23. The number of benzene rings is 2. The zero-order chi connectivity index (χ0) is 19.5. The molecule has 140 valence electrons. The number of rotatable bonds is 5. The van der Waals surface area contributed by atoms with E-state index in [4.69, 9.17) is 21.4 Å². The molecule has 1 fully saturated rings. The van der Waals surface area contributed by atoms with Crippen LogP contribution in [-0.4, -0.2) is 11.0 Å². The van der Waals surface area contributed by atoms with E-state index in [0.717, 1.165) is 0 Å². The Hall–Kier alpha value is -3.45. The van der Waals surface area contributed by atoms with Gasteiger partial charge in [0.2, 0.25) is 0 Å². The fourth-order valence-electron chi connectivity index (χ4n) is 2.72. The number of ether oxygens (including phenoxy) is 1. The maximum atomic E-state index is 12.9. The largest absolute Gasteiger partial charge is 0.486 e. The molecule has 0 bridgehead atoms. The average Bonchev–Trinajstić information content (AvgIpc) is 3.26. The Morgan fingerprint density at radius 2 is 1.82 bits per heavy atom. The number of para-hydroxylation sites is 1. The van der Waals surface area contributed by atoms with Gasteiger partial charge in [0.05, 0.1) is 5.69 Å². The summed E-state index contributed by atoms with van der Waals surface area (Å²) in [4.78, 5) is 14.1. The van der Waals surface area contributed by atoms with Crippen molar-refractivity contribution < 1.29 is 18.3 Å². The molecule has 0 unspecified atom stereocenters. The van der Waals surface area contributed by atoms with E-state index < -0.39 is 0 Å². The Balaban J connectivity index is 1.45. The molecule has 5 nitrogen and oxygen atoms in total. The van der Waals surface area contributed by atoms with Gasteiger partial charge in [0.25, 0.3) is 5.91 Å². The normalized spacial score (nSPS) is 15.2. The summed E-state index contributed by atoms with van der Waals surface area (Å²) >= 11 is 5.28. The van der Waals surface area contributed by atoms with Crippen molar-refractivity contribution in [3.8, 4) is 5.75 Å². The Morgan fingerprint density at radius 3 is 2.57 bits per heavy atom. The van der Waals surface area contributed by atoms with Crippen LogP contribution in [-0.2, 0) is 11.4 Å². The predicted octanol–water partition coefficient (Wildman–Crippen LogP) is 4.26. The van der Waals surface area contributed by atoms with Crippen molar-refractivity contribution in [2.75, 3.05) is 4.90 Å². The predicted molar refractivity (Wildman–Crippen MR) is 107 cm³/mol. The zero-order valence-electron chi connectivity index (χ0n) is 14.6. The molecular formula is C21H15FN2O3S. The molecule has 2 aromatic carbocycles. The standard InChI is InChI=1S/C21H15FN2O3S/c22-14-6-8-16(9-7-14)26-13-18-11-10-17(27-18)12-19-20(25)24(21(28)23-19)15-4-2-1-3-5-15/h1-12H,13H2,(H,23,28)/b19-12+. The minimum atomic E-state index is -0.324. The molecule has 0 saturated carbocycles. The van der Waals surface area contributed by atoms with E-state index in [0.29, 0.717) is 33.8 Å². The van der Waals surface area contributed by atoms with Gasteiger partial charge in [0, 0.05) is 6.08 Å². The first-order valence-corrected chi connectivity index (χ1v) is 8.90. The molecule has 4 rings (SSSR count). The summed E-state index contributed by atoms with van der Waals surface area (Å²) in [5, 5.41) is 3.23. The number of furan rings is 1. The van der Waals surface area contributed by atoms with E-state index in [-0.39, 0.29) is 18.3 Å². The molecule has 28 heavy (non-hydrogen) atoms. The highest BCUT2D eigenvalue weighted by Gasteiger charge is 2.32. The van der Waals surface area contributed by atoms with E-state index in [1.54, 1.807) is 30.3 Å². The molecule has 0 spiro atoms. The number of hydrogen-bond donors (Lipinski definition) is 1. The van der Waals surface area contributed by atoms with Gasteiger partial charge in [-0.3, -0.25) is 9.69 Å². The second kappa shape index (κ2) is 7.66. The number of amides is 1. The number of nitrogens with zero attached hydrogens (tertiary/aromatic N) is 1. The molecule has 1 aromatic heterocycles. The van der Waals surface area contributed by atoms with Crippen LogP contribution in [0.3, 0.4) is 0 Å². The highest BCUT2D eigenvalue weighted by molar-refractivity contribution is 7.80. The zero-order valence-corrected chi connectivity index (χ0v) is 15.4. The molecule has 1 aliphatic rings. The summed E-state index contributed by atoms with van der Waals surface area (Å²) in [6.07, 6.45) is 1.60. The number of thiocarbonyl (C=S) groups is 1. The first kappa shape index (κ1) is 17.9. The summed E-state index contributed by atoms with van der Waals surface area (Å²) < 4.78 is 24.2. The lowest BCUT2D eigenvalue weighted by Crippen LogP contribution is -2.30. The van der Waals surface area contributed by atoms with Gasteiger partial charge in [0.1, 0.15) is 35.4 Å². The third-order valence-corrected chi connectivity index (χ3v) is 4.34. The molecule has 1 N–H and O–H groups in total.